The number of aromatic amines is 1. The maximum atomic E-state index is 12.2. The van der Waals surface area contributed by atoms with Gasteiger partial charge in [0.05, 0.1) is 18.1 Å². The Labute approximate surface area is 123 Å². The zero-order valence-corrected chi connectivity index (χ0v) is 12.8. The first-order chi connectivity index (χ1) is 9.60. The second kappa shape index (κ2) is 6.09. The molecule has 0 saturated heterocycles. The van der Waals surface area contributed by atoms with E-state index in [9.17, 15) is 4.79 Å². The number of imidazole rings is 1. The van der Waals surface area contributed by atoms with Crippen molar-refractivity contribution >= 4 is 29.2 Å². The number of nitrogens with zero attached hydrogens (tertiary/aromatic N) is 2. The van der Waals surface area contributed by atoms with Crippen molar-refractivity contribution in [3.8, 4) is 5.75 Å². The van der Waals surface area contributed by atoms with Crippen LogP contribution in [0.25, 0.3) is 11.0 Å². The van der Waals surface area contributed by atoms with Crippen molar-refractivity contribution in [1.29, 1.82) is 0 Å². The summed E-state index contributed by atoms with van der Waals surface area (Å²) in [4.78, 5) is 17.1. The number of ether oxygens (including phenoxy) is 1. The summed E-state index contributed by atoms with van der Waals surface area (Å²) in [6.07, 6.45) is 0. The third-order valence-electron chi connectivity index (χ3n) is 3.39. The van der Waals surface area contributed by atoms with Crippen LogP contribution in [0.2, 0.25) is 0 Å². The van der Waals surface area contributed by atoms with Gasteiger partial charge in [-0.05, 0) is 38.2 Å². The van der Waals surface area contributed by atoms with E-state index in [0.29, 0.717) is 17.9 Å². The molecule has 6 heteroatoms. The zero-order valence-electron chi connectivity index (χ0n) is 12.0. The Morgan fingerprint density at radius 2 is 2.10 bits per heavy atom. The van der Waals surface area contributed by atoms with Gasteiger partial charge in [0.15, 0.2) is 4.77 Å². The Bertz CT molecular complexity index is 671. The number of benzene rings is 1. The molecule has 1 N–H and O–H groups in total. The molecule has 0 spiro atoms. The Kier molecular flexibility index (Phi) is 4.44. The van der Waals surface area contributed by atoms with E-state index in [4.69, 9.17) is 17.0 Å². The Hall–Kier alpha value is -1.82. The van der Waals surface area contributed by atoms with Crippen LogP contribution in [0.3, 0.4) is 0 Å². The third-order valence-corrected chi connectivity index (χ3v) is 3.71. The molecule has 0 aliphatic carbocycles. The number of carbonyl (C=O) groups is 1. The topological polar surface area (TPSA) is 50.3 Å². The van der Waals surface area contributed by atoms with E-state index < -0.39 is 0 Å². The van der Waals surface area contributed by atoms with Gasteiger partial charge in [0.2, 0.25) is 5.91 Å². The van der Waals surface area contributed by atoms with Crippen molar-refractivity contribution in [3.63, 3.8) is 0 Å². The molecule has 0 aliphatic rings. The van der Waals surface area contributed by atoms with Crippen LogP contribution >= 0.6 is 12.2 Å². The van der Waals surface area contributed by atoms with Gasteiger partial charge in [-0.2, -0.15) is 0 Å². The fourth-order valence-corrected chi connectivity index (χ4v) is 2.50. The number of H-pyrrole nitrogens is 1. The lowest BCUT2D eigenvalue weighted by molar-refractivity contribution is -0.131. The van der Waals surface area contributed by atoms with Crippen LogP contribution in [0.1, 0.15) is 13.8 Å². The first-order valence-corrected chi connectivity index (χ1v) is 7.05. The highest BCUT2D eigenvalue weighted by Gasteiger charge is 2.13. The van der Waals surface area contributed by atoms with E-state index in [2.05, 4.69) is 4.98 Å². The highest BCUT2D eigenvalue weighted by atomic mass is 32.1. The van der Waals surface area contributed by atoms with E-state index in [1.54, 1.807) is 12.0 Å². The molecule has 1 heterocycles. The van der Waals surface area contributed by atoms with Gasteiger partial charge in [0.25, 0.3) is 0 Å². The number of hydrogen-bond acceptors (Lipinski definition) is 3. The summed E-state index contributed by atoms with van der Waals surface area (Å²) in [5.74, 6) is 0.811. The molecule has 0 saturated carbocycles. The molecule has 1 aromatic carbocycles. The predicted molar refractivity (Wildman–Crippen MR) is 81.6 cm³/mol. The number of hydrogen-bond donors (Lipinski definition) is 1. The van der Waals surface area contributed by atoms with Crippen LogP contribution in [-0.4, -0.2) is 40.6 Å². The average molecular weight is 293 g/mol. The lowest BCUT2D eigenvalue weighted by atomic mass is 10.3. The second-order valence-electron chi connectivity index (χ2n) is 4.47. The van der Waals surface area contributed by atoms with Gasteiger partial charge in [0, 0.05) is 19.2 Å². The molecule has 0 fully saturated rings. The van der Waals surface area contributed by atoms with Gasteiger partial charge in [-0.15, -0.1) is 0 Å². The van der Waals surface area contributed by atoms with Crippen molar-refractivity contribution in [2.75, 3.05) is 20.2 Å². The lowest BCUT2D eigenvalue weighted by Gasteiger charge is -2.19. The van der Waals surface area contributed by atoms with E-state index in [1.165, 1.54) is 0 Å². The van der Waals surface area contributed by atoms with Crippen molar-refractivity contribution < 1.29 is 9.53 Å². The normalized spacial score (nSPS) is 10.8. The minimum Gasteiger partial charge on any atom is -0.497 e. The Morgan fingerprint density at radius 1 is 1.40 bits per heavy atom. The molecule has 0 radical (unpaired) electrons. The van der Waals surface area contributed by atoms with Crippen LogP contribution in [0, 0.1) is 4.77 Å². The average Bonchev–Trinajstić information content (AvgIpc) is 2.76. The molecule has 5 nitrogen and oxygen atoms in total. The number of fused-ring (bicyclic) bond motifs is 1. The summed E-state index contributed by atoms with van der Waals surface area (Å²) < 4.78 is 7.59. The summed E-state index contributed by atoms with van der Waals surface area (Å²) in [6, 6.07) is 5.66. The minimum absolute atomic E-state index is 0.0646. The first-order valence-electron chi connectivity index (χ1n) is 6.65. The molecule has 2 aromatic rings. The highest BCUT2D eigenvalue weighted by Crippen LogP contribution is 2.20. The zero-order chi connectivity index (χ0) is 14.7. The Morgan fingerprint density at radius 3 is 2.70 bits per heavy atom. The molecule has 0 bridgehead atoms. The Balaban J connectivity index is 2.40. The number of carbonyl (C=O) groups excluding carboxylic acids is 1. The SMILES string of the molecule is CCN(CC)C(=O)Cn1c(=S)[nH]c2ccc(OC)cc21. The van der Waals surface area contributed by atoms with Crippen LogP contribution in [-0.2, 0) is 11.3 Å². The molecular formula is C14H19N3O2S. The van der Waals surface area contributed by atoms with Crippen LogP contribution in [0.4, 0.5) is 0 Å². The maximum absolute atomic E-state index is 12.2. The number of nitrogens with one attached hydrogen (secondary N) is 1. The summed E-state index contributed by atoms with van der Waals surface area (Å²) in [5.41, 5.74) is 1.79. The lowest BCUT2D eigenvalue weighted by Crippen LogP contribution is -2.33. The largest absolute Gasteiger partial charge is 0.497 e. The van der Waals surface area contributed by atoms with E-state index >= 15 is 0 Å². The van der Waals surface area contributed by atoms with E-state index in [-0.39, 0.29) is 12.5 Å². The molecule has 20 heavy (non-hydrogen) atoms. The quantitative estimate of drug-likeness (QED) is 0.862. The monoisotopic (exact) mass is 293 g/mol. The van der Waals surface area contributed by atoms with Crippen molar-refractivity contribution in [2.24, 2.45) is 0 Å². The van der Waals surface area contributed by atoms with Crippen molar-refractivity contribution in [3.05, 3.63) is 23.0 Å². The van der Waals surface area contributed by atoms with Gasteiger partial charge < -0.3 is 19.2 Å². The number of amides is 1. The van der Waals surface area contributed by atoms with Crippen LogP contribution in [0.15, 0.2) is 18.2 Å². The van der Waals surface area contributed by atoms with Gasteiger partial charge in [-0.25, -0.2) is 0 Å². The first kappa shape index (κ1) is 14.6. The number of likely N-dealkylation sites (N-methyl/N-ethyl adjacent to an activating group) is 1. The smallest absolute Gasteiger partial charge is 0.242 e. The number of aromatic nitrogens is 2. The fourth-order valence-electron chi connectivity index (χ4n) is 2.23. The summed E-state index contributed by atoms with van der Waals surface area (Å²) in [5, 5.41) is 0. The molecule has 1 amide bonds. The predicted octanol–water partition coefficient (Wildman–Crippen LogP) is 2.58. The van der Waals surface area contributed by atoms with Crippen LogP contribution in [0.5, 0.6) is 5.75 Å². The second-order valence-corrected chi connectivity index (χ2v) is 4.85. The molecule has 108 valence electrons. The van der Waals surface area contributed by atoms with E-state index in [1.807, 2.05) is 36.6 Å². The molecule has 2 rings (SSSR count). The highest BCUT2D eigenvalue weighted by molar-refractivity contribution is 7.71. The molecule has 0 unspecified atom stereocenters. The fraction of sp³-hybridized carbons (Fsp3) is 0.429. The molecular weight excluding hydrogens is 274 g/mol. The third kappa shape index (κ3) is 2.70. The number of methoxy groups -OCH3 is 1. The summed E-state index contributed by atoms with van der Waals surface area (Å²) in [6.45, 7) is 5.59. The van der Waals surface area contributed by atoms with Gasteiger partial charge in [-0.3, -0.25) is 4.79 Å². The standard InChI is InChI=1S/C14H19N3O2S/c1-4-16(5-2)13(18)9-17-12-8-10(19-3)6-7-11(12)15-14(17)20/h6-8H,4-5,9H2,1-3H3,(H,15,20). The van der Waals surface area contributed by atoms with Gasteiger partial charge in [0.1, 0.15) is 12.3 Å². The van der Waals surface area contributed by atoms with E-state index in [0.717, 1.165) is 16.8 Å². The molecule has 1 aromatic heterocycles. The summed E-state index contributed by atoms with van der Waals surface area (Å²) >= 11 is 5.31. The maximum Gasteiger partial charge on any atom is 0.242 e. The molecule has 0 atom stereocenters. The summed E-state index contributed by atoms with van der Waals surface area (Å²) in [7, 11) is 1.62. The molecule has 0 aliphatic heterocycles. The van der Waals surface area contributed by atoms with Crippen molar-refractivity contribution in [2.45, 2.75) is 20.4 Å². The number of rotatable bonds is 5. The van der Waals surface area contributed by atoms with Crippen molar-refractivity contribution in [1.82, 2.24) is 14.5 Å². The van der Waals surface area contributed by atoms with Crippen LogP contribution < -0.4 is 4.74 Å². The van der Waals surface area contributed by atoms with Gasteiger partial charge >= 0.3 is 0 Å². The minimum atomic E-state index is 0.0646. The van der Waals surface area contributed by atoms with Gasteiger partial charge in [-0.1, -0.05) is 0 Å².